The SMILES string of the molecule is CC(NC1CCOC1)c1cnn(C)c1. The molecule has 78 valence electrons. The quantitative estimate of drug-likeness (QED) is 0.777. The number of aryl methyl sites for hydroxylation is 1. The number of ether oxygens (including phenoxy) is 1. The lowest BCUT2D eigenvalue weighted by atomic mass is 10.1. The molecule has 1 aliphatic rings. The van der Waals surface area contributed by atoms with E-state index in [1.807, 2.05) is 24.1 Å². The van der Waals surface area contributed by atoms with E-state index in [2.05, 4.69) is 17.3 Å². The number of rotatable bonds is 3. The first-order chi connectivity index (χ1) is 6.75. The Morgan fingerprint density at radius 3 is 3.14 bits per heavy atom. The third-order valence-corrected chi connectivity index (χ3v) is 2.64. The van der Waals surface area contributed by atoms with Gasteiger partial charge in [-0.1, -0.05) is 0 Å². The Bertz CT molecular complexity index is 291. The van der Waals surface area contributed by atoms with Crippen molar-refractivity contribution in [3.05, 3.63) is 18.0 Å². The molecule has 0 aliphatic carbocycles. The van der Waals surface area contributed by atoms with Crippen molar-refractivity contribution in [1.82, 2.24) is 15.1 Å². The van der Waals surface area contributed by atoms with Gasteiger partial charge in [0.25, 0.3) is 0 Å². The smallest absolute Gasteiger partial charge is 0.0620 e. The van der Waals surface area contributed by atoms with Crippen LogP contribution in [0.2, 0.25) is 0 Å². The Kier molecular flexibility index (Phi) is 2.84. The van der Waals surface area contributed by atoms with Gasteiger partial charge in [0.2, 0.25) is 0 Å². The van der Waals surface area contributed by atoms with Crippen molar-refractivity contribution < 1.29 is 4.74 Å². The van der Waals surface area contributed by atoms with E-state index in [0.717, 1.165) is 19.6 Å². The van der Waals surface area contributed by atoms with Crippen molar-refractivity contribution in [3.63, 3.8) is 0 Å². The molecule has 1 aromatic heterocycles. The van der Waals surface area contributed by atoms with Crippen molar-refractivity contribution in [3.8, 4) is 0 Å². The molecular weight excluding hydrogens is 178 g/mol. The van der Waals surface area contributed by atoms with Gasteiger partial charge >= 0.3 is 0 Å². The fourth-order valence-corrected chi connectivity index (χ4v) is 1.78. The van der Waals surface area contributed by atoms with Crippen LogP contribution in [0.15, 0.2) is 12.4 Å². The molecule has 4 heteroatoms. The first kappa shape index (κ1) is 9.68. The van der Waals surface area contributed by atoms with Gasteiger partial charge in [-0.3, -0.25) is 4.68 Å². The molecule has 1 fully saturated rings. The lowest BCUT2D eigenvalue weighted by Gasteiger charge is -2.16. The van der Waals surface area contributed by atoms with E-state index in [-0.39, 0.29) is 0 Å². The van der Waals surface area contributed by atoms with Gasteiger partial charge in [0.05, 0.1) is 12.8 Å². The van der Waals surface area contributed by atoms with E-state index in [9.17, 15) is 0 Å². The first-order valence-corrected chi connectivity index (χ1v) is 5.08. The summed E-state index contributed by atoms with van der Waals surface area (Å²) >= 11 is 0. The average Bonchev–Trinajstić information content (AvgIpc) is 2.75. The maximum Gasteiger partial charge on any atom is 0.0620 e. The molecule has 2 unspecified atom stereocenters. The Labute approximate surface area is 84.3 Å². The Morgan fingerprint density at radius 2 is 2.57 bits per heavy atom. The van der Waals surface area contributed by atoms with Crippen LogP contribution in [0.25, 0.3) is 0 Å². The third-order valence-electron chi connectivity index (χ3n) is 2.64. The molecule has 4 nitrogen and oxygen atoms in total. The highest BCUT2D eigenvalue weighted by molar-refractivity contribution is 5.09. The van der Waals surface area contributed by atoms with E-state index in [4.69, 9.17) is 4.74 Å². The Morgan fingerprint density at radius 1 is 1.71 bits per heavy atom. The highest BCUT2D eigenvalue weighted by atomic mass is 16.5. The number of hydrogen-bond donors (Lipinski definition) is 1. The summed E-state index contributed by atoms with van der Waals surface area (Å²) in [5.41, 5.74) is 1.24. The van der Waals surface area contributed by atoms with E-state index in [1.54, 1.807) is 0 Å². The molecule has 2 rings (SSSR count). The van der Waals surface area contributed by atoms with Gasteiger partial charge in [-0.25, -0.2) is 0 Å². The van der Waals surface area contributed by atoms with Gasteiger partial charge in [-0.2, -0.15) is 5.10 Å². The summed E-state index contributed by atoms with van der Waals surface area (Å²) in [7, 11) is 1.94. The van der Waals surface area contributed by atoms with Gasteiger partial charge in [0, 0.05) is 37.5 Å². The predicted octanol–water partition coefficient (Wildman–Crippen LogP) is 0.860. The Hall–Kier alpha value is -0.870. The van der Waals surface area contributed by atoms with E-state index in [0.29, 0.717) is 12.1 Å². The second-order valence-corrected chi connectivity index (χ2v) is 3.90. The van der Waals surface area contributed by atoms with Crippen molar-refractivity contribution >= 4 is 0 Å². The van der Waals surface area contributed by atoms with Crippen LogP contribution in [0.3, 0.4) is 0 Å². The minimum absolute atomic E-state index is 0.357. The summed E-state index contributed by atoms with van der Waals surface area (Å²) in [4.78, 5) is 0. The summed E-state index contributed by atoms with van der Waals surface area (Å²) in [5.74, 6) is 0. The zero-order chi connectivity index (χ0) is 9.97. The van der Waals surface area contributed by atoms with Crippen LogP contribution < -0.4 is 5.32 Å². The topological polar surface area (TPSA) is 39.1 Å². The maximum atomic E-state index is 5.32. The van der Waals surface area contributed by atoms with Crippen LogP contribution in [0.5, 0.6) is 0 Å². The third kappa shape index (κ3) is 2.13. The van der Waals surface area contributed by atoms with Crippen molar-refractivity contribution in [1.29, 1.82) is 0 Å². The fraction of sp³-hybridized carbons (Fsp3) is 0.700. The largest absolute Gasteiger partial charge is 0.380 e. The van der Waals surface area contributed by atoms with Crippen LogP contribution in [0, 0.1) is 0 Å². The van der Waals surface area contributed by atoms with E-state index < -0.39 is 0 Å². The summed E-state index contributed by atoms with van der Waals surface area (Å²) in [6.45, 7) is 3.89. The molecule has 0 spiro atoms. The monoisotopic (exact) mass is 195 g/mol. The van der Waals surface area contributed by atoms with Crippen LogP contribution in [-0.4, -0.2) is 29.0 Å². The lowest BCUT2D eigenvalue weighted by molar-refractivity contribution is 0.188. The molecule has 0 bridgehead atoms. The molecule has 1 aliphatic heterocycles. The van der Waals surface area contributed by atoms with Crippen LogP contribution in [0.4, 0.5) is 0 Å². The molecule has 2 heterocycles. The summed E-state index contributed by atoms with van der Waals surface area (Å²) in [5, 5.41) is 7.69. The molecule has 1 N–H and O–H groups in total. The molecule has 0 amide bonds. The second-order valence-electron chi connectivity index (χ2n) is 3.90. The number of nitrogens with zero attached hydrogens (tertiary/aromatic N) is 2. The zero-order valence-electron chi connectivity index (χ0n) is 8.73. The molecule has 1 aromatic rings. The standard InChI is InChI=1S/C10H17N3O/c1-8(9-5-11-13(2)6-9)12-10-3-4-14-7-10/h5-6,8,10,12H,3-4,7H2,1-2H3. The lowest BCUT2D eigenvalue weighted by Crippen LogP contribution is -2.31. The molecule has 1 saturated heterocycles. The van der Waals surface area contributed by atoms with Crippen molar-refractivity contribution in [2.45, 2.75) is 25.4 Å². The minimum atomic E-state index is 0.357. The second kappa shape index (κ2) is 4.11. The first-order valence-electron chi connectivity index (χ1n) is 5.08. The summed E-state index contributed by atoms with van der Waals surface area (Å²) in [6.07, 6.45) is 5.07. The van der Waals surface area contributed by atoms with E-state index >= 15 is 0 Å². The molecule has 14 heavy (non-hydrogen) atoms. The van der Waals surface area contributed by atoms with Gasteiger partial charge in [-0.05, 0) is 13.3 Å². The van der Waals surface area contributed by atoms with Crippen LogP contribution in [-0.2, 0) is 11.8 Å². The van der Waals surface area contributed by atoms with Crippen molar-refractivity contribution in [2.75, 3.05) is 13.2 Å². The number of nitrogens with one attached hydrogen (secondary N) is 1. The molecule has 0 aromatic carbocycles. The van der Waals surface area contributed by atoms with Gasteiger partial charge in [0.15, 0.2) is 0 Å². The van der Waals surface area contributed by atoms with E-state index in [1.165, 1.54) is 5.56 Å². The maximum absolute atomic E-state index is 5.32. The van der Waals surface area contributed by atoms with Gasteiger partial charge in [-0.15, -0.1) is 0 Å². The number of aromatic nitrogens is 2. The predicted molar refractivity (Wildman–Crippen MR) is 54.0 cm³/mol. The molecule has 2 atom stereocenters. The van der Waals surface area contributed by atoms with Gasteiger partial charge < -0.3 is 10.1 Å². The van der Waals surface area contributed by atoms with Crippen LogP contribution >= 0.6 is 0 Å². The summed E-state index contributed by atoms with van der Waals surface area (Å²) in [6, 6.07) is 0.862. The molecule has 0 saturated carbocycles. The molecule has 0 radical (unpaired) electrons. The average molecular weight is 195 g/mol. The highest BCUT2D eigenvalue weighted by Crippen LogP contribution is 2.14. The fourth-order valence-electron chi connectivity index (χ4n) is 1.78. The van der Waals surface area contributed by atoms with Gasteiger partial charge in [0.1, 0.15) is 0 Å². The normalized spacial score (nSPS) is 24.0. The Balaban J connectivity index is 1.91. The number of hydrogen-bond acceptors (Lipinski definition) is 3. The highest BCUT2D eigenvalue weighted by Gasteiger charge is 2.18. The van der Waals surface area contributed by atoms with Crippen molar-refractivity contribution in [2.24, 2.45) is 7.05 Å². The summed E-state index contributed by atoms with van der Waals surface area (Å²) < 4.78 is 7.15. The minimum Gasteiger partial charge on any atom is -0.380 e. The zero-order valence-corrected chi connectivity index (χ0v) is 8.73. The molecular formula is C10H17N3O. The van der Waals surface area contributed by atoms with Crippen LogP contribution in [0.1, 0.15) is 24.9 Å².